The van der Waals surface area contributed by atoms with E-state index in [1.165, 1.54) is 16.4 Å². The monoisotopic (exact) mass is 317 g/mol. The van der Waals surface area contributed by atoms with Gasteiger partial charge in [0.1, 0.15) is 0 Å². The number of sulfonamides is 1. The Labute approximate surface area is 120 Å². The summed E-state index contributed by atoms with van der Waals surface area (Å²) < 4.78 is 50.1. The molecule has 0 radical (unpaired) electrons. The predicted molar refractivity (Wildman–Crippen MR) is 77.7 cm³/mol. The van der Waals surface area contributed by atoms with E-state index >= 15 is 0 Å². The Bertz CT molecular complexity index is 682. The molecule has 5 nitrogen and oxygen atoms in total. The Morgan fingerprint density at radius 1 is 1.25 bits per heavy atom. The quantitative estimate of drug-likeness (QED) is 0.838. The molecule has 7 heteroatoms. The van der Waals surface area contributed by atoms with Gasteiger partial charge in [-0.2, -0.15) is 4.31 Å². The SMILES string of the molecule is CCN([C@@]1(C)CCS(=O)(=O)C1)S(=O)(=O)c1ccccc1. The van der Waals surface area contributed by atoms with E-state index < -0.39 is 25.4 Å². The van der Waals surface area contributed by atoms with E-state index in [0.29, 0.717) is 6.42 Å². The molecule has 0 aromatic heterocycles. The number of sulfone groups is 1. The minimum Gasteiger partial charge on any atom is -0.229 e. The van der Waals surface area contributed by atoms with Gasteiger partial charge < -0.3 is 0 Å². The van der Waals surface area contributed by atoms with Crippen molar-refractivity contribution in [2.75, 3.05) is 18.1 Å². The molecule has 0 saturated carbocycles. The summed E-state index contributed by atoms with van der Waals surface area (Å²) in [6, 6.07) is 8.13. The van der Waals surface area contributed by atoms with Crippen LogP contribution in [0, 0.1) is 0 Å². The molecule has 0 spiro atoms. The van der Waals surface area contributed by atoms with Gasteiger partial charge in [-0.25, -0.2) is 16.8 Å². The summed E-state index contributed by atoms with van der Waals surface area (Å²) in [6.07, 6.45) is 0.342. The fourth-order valence-electron chi connectivity index (χ4n) is 2.75. The second-order valence-corrected chi connectivity index (χ2v) is 9.37. The van der Waals surface area contributed by atoms with Crippen LogP contribution in [0.2, 0.25) is 0 Å². The average Bonchev–Trinajstić information content (AvgIpc) is 2.65. The lowest BCUT2D eigenvalue weighted by molar-refractivity contribution is 0.243. The molecule has 1 heterocycles. The fraction of sp³-hybridized carbons (Fsp3) is 0.538. The van der Waals surface area contributed by atoms with Crippen LogP contribution in [0.5, 0.6) is 0 Å². The molecule has 1 aliphatic heterocycles. The summed E-state index contributed by atoms with van der Waals surface area (Å²) in [5, 5.41) is 0. The number of rotatable bonds is 4. The molecule has 0 amide bonds. The van der Waals surface area contributed by atoms with Gasteiger partial charge in [0.2, 0.25) is 10.0 Å². The smallest absolute Gasteiger partial charge is 0.229 e. The molecule has 20 heavy (non-hydrogen) atoms. The van der Waals surface area contributed by atoms with Crippen molar-refractivity contribution < 1.29 is 16.8 Å². The van der Waals surface area contributed by atoms with Gasteiger partial charge in [-0.1, -0.05) is 25.1 Å². The van der Waals surface area contributed by atoms with Crippen molar-refractivity contribution in [1.82, 2.24) is 4.31 Å². The predicted octanol–water partition coefficient (Wildman–Crippen LogP) is 1.27. The summed E-state index contributed by atoms with van der Waals surface area (Å²) >= 11 is 0. The number of benzene rings is 1. The van der Waals surface area contributed by atoms with Crippen LogP contribution in [0.15, 0.2) is 35.2 Å². The standard InChI is InChI=1S/C13H19NO4S2/c1-3-14(13(2)9-10-19(15,16)11-13)20(17,18)12-7-5-4-6-8-12/h4-8H,3,9-11H2,1-2H3/t13-/m0/s1. The second kappa shape index (κ2) is 5.13. The van der Waals surface area contributed by atoms with Crippen LogP contribution in [0.25, 0.3) is 0 Å². The van der Waals surface area contributed by atoms with Gasteiger partial charge in [0.05, 0.1) is 16.4 Å². The lowest BCUT2D eigenvalue weighted by atomic mass is 10.0. The van der Waals surface area contributed by atoms with Crippen LogP contribution in [-0.4, -0.2) is 44.7 Å². The second-order valence-electron chi connectivity index (χ2n) is 5.32. The van der Waals surface area contributed by atoms with Crippen molar-refractivity contribution in [3.05, 3.63) is 30.3 Å². The van der Waals surface area contributed by atoms with E-state index in [9.17, 15) is 16.8 Å². The maximum atomic E-state index is 12.7. The molecule has 1 aromatic rings. The molecular weight excluding hydrogens is 298 g/mol. The largest absolute Gasteiger partial charge is 0.243 e. The zero-order chi connectivity index (χ0) is 15.0. The minimum atomic E-state index is -3.67. The number of nitrogens with zero attached hydrogens (tertiary/aromatic N) is 1. The van der Waals surface area contributed by atoms with Crippen LogP contribution in [0.4, 0.5) is 0 Å². The number of hydrogen-bond donors (Lipinski definition) is 0. The van der Waals surface area contributed by atoms with Gasteiger partial charge in [-0.05, 0) is 25.5 Å². The van der Waals surface area contributed by atoms with Gasteiger partial charge in [-0.15, -0.1) is 0 Å². The van der Waals surface area contributed by atoms with E-state index in [0.717, 1.165) is 0 Å². The van der Waals surface area contributed by atoms with E-state index in [1.54, 1.807) is 32.0 Å². The Morgan fingerprint density at radius 3 is 2.30 bits per heavy atom. The summed E-state index contributed by atoms with van der Waals surface area (Å²) in [5.41, 5.74) is -0.859. The third kappa shape index (κ3) is 2.75. The van der Waals surface area contributed by atoms with E-state index in [2.05, 4.69) is 0 Å². The van der Waals surface area contributed by atoms with Crippen LogP contribution in [-0.2, 0) is 19.9 Å². The number of hydrogen-bond acceptors (Lipinski definition) is 4. The van der Waals surface area contributed by atoms with Crippen molar-refractivity contribution in [2.24, 2.45) is 0 Å². The first-order valence-corrected chi connectivity index (χ1v) is 9.76. The molecule has 1 saturated heterocycles. The fourth-order valence-corrected chi connectivity index (χ4v) is 6.81. The highest BCUT2D eigenvalue weighted by Gasteiger charge is 2.47. The Balaban J connectivity index is 2.44. The molecule has 1 atom stereocenters. The molecule has 0 N–H and O–H groups in total. The molecule has 0 unspecified atom stereocenters. The minimum absolute atomic E-state index is 0.0459. The van der Waals surface area contributed by atoms with Gasteiger partial charge in [0, 0.05) is 12.1 Å². The summed E-state index contributed by atoms with van der Waals surface area (Å²) in [5.74, 6) is -0.0653. The highest BCUT2D eigenvalue weighted by atomic mass is 32.2. The first-order chi connectivity index (χ1) is 9.21. The van der Waals surface area contributed by atoms with Crippen molar-refractivity contribution in [1.29, 1.82) is 0 Å². The highest BCUT2D eigenvalue weighted by Crippen LogP contribution is 2.33. The molecule has 0 bridgehead atoms. The molecule has 2 rings (SSSR count). The van der Waals surface area contributed by atoms with E-state index in [4.69, 9.17) is 0 Å². The topological polar surface area (TPSA) is 71.5 Å². The lowest BCUT2D eigenvalue weighted by Crippen LogP contribution is -2.50. The Hall–Kier alpha value is -0.920. The lowest BCUT2D eigenvalue weighted by Gasteiger charge is -2.35. The van der Waals surface area contributed by atoms with Crippen molar-refractivity contribution in [3.8, 4) is 0 Å². The summed E-state index contributed by atoms with van der Waals surface area (Å²) in [6.45, 7) is 3.70. The molecule has 0 aliphatic carbocycles. The van der Waals surface area contributed by atoms with Crippen LogP contribution in [0.3, 0.4) is 0 Å². The first kappa shape index (κ1) is 15.5. The van der Waals surface area contributed by atoms with E-state index in [1.807, 2.05) is 0 Å². The van der Waals surface area contributed by atoms with Crippen LogP contribution >= 0.6 is 0 Å². The van der Waals surface area contributed by atoms with Crippen LogP contribution < -0.4 is 0 Å². The van der Waals surface area contributed by atoms with Gasteiger partial charge in [0.15, 0.2) is 9.84 Å². The molecule has 1 aliphatic rings. The van der Waals surface area contributed by atoms with Gasteiger partial charge in [-0.3, -0.25) is 0 Å². The zero-order valence-electron chi connectivity index (χ0n) is 11.6. The van der Waals surface area contributed by atoms with Crippen molar-refractivity contribution in [3.63, 3.8) is 0 Å². The Morgan fingerprint density at radius 2 is 1.85 bits per heavy atom. The Kier molecular flexibility index (Phi) is 3.96. The maximum Gasteiger partial charge on any atom is 0.243 e. The van der Waals surface area contributed by atoms with Crippen LogP contribution in [0.1, 0.15) is 20.3 Å². The third-order valence-electron chi connectivity index (χ3n) is 3.70. The van der Waals surface area contributed by atoms with Crippen molar-refractivity contribution >= 4 is 19.9 Å². The molecule has 1 aromatic carbocycles. The zero-order valence-corrected chi connectivity index (χ0v) is 13.2. The molecule has 112 valence electrons. The molecular formula is C13H19NO4S2. The molecule has 1 fully saturated rings. The van der Waals surface area contributed by atoms with Gasteiger partial charge in [0.25, 0.3) is 0 Å². The maximum absolute atomic E-state index is 12.7. The average molecular weight is 317 g/mol. The highest BCUT2D eigenvalue weighted by molar-refractivity contribution is 7.92. The third-order valence-corrected chi connectivity index (χ3v) is 7.74. The summed E-state index contributed by atoms with van der Waals surface area (Å²) in [7, 11) is -6.83. The first-order valence-electron chi connectivity index (χ1n) is 6.50. The van der Waals surface area contributed by atoms with Gasteiger partial charge >= 0.3 is 0 Å². The summed E-state index contributed by atoms with van der Waals surface area (Å²) in [4.78, 5) is 0.201. The van der Waals surface area contributed by atoms with E-state index in [-0.39, 0.29) is 22.9 Å². The van der Waals surface area contributed by atoms with Crippen molar-refractivity contribution in [2.45, 2.75) is 30.7 Å². The normalized spacial score (nSPS) is 25.9.